The quantitative estimate of drug-likeness (QED) is 0.249. The van der Waals surface area contributed by atoms with Gasteiger partial charge in [0.15, 0.2) is 0 Å². The maximum atomic E-state index is 3.44. The minimum atomic E-state index is 0. The molecule has 0 nitrogen and oxygen atoms in total. The molecule has 142 valence electrons. The van der Waals surface area contributed by atoms with Gasteiger partial charge in [0.1, 0.15) is 0 Å². The molecule has 3 aromatic rings. The van der Waals surface area contributed by atoms with Crippen molar-refractivity contribution in [2.24, 2.45) is 5.41 Å². The Morgan fingerprint density at radius 1 is 0.893 bits per heavy atom. The number of aryl methyl sites for hydroxylation is 1. The van der Waals surface area contributed by atoms with Gasteiger partial charge in [0.25, 0.3) is 0 Å². The molecule has 0 fully saturated rings. The molecule has 1 aliphatic rings. The molecule has 1 aliphatic carbocycles. The van der Waals surface area contributed by atoms with Gasteiger partial charge in [-0.2, -0.15) is 17.2 Å². The van der Waals surface area contributed by atoms with Crippen LogP contribution < -0.4 is 10.6 Å². The Morgan fingerprint density at radius 2 is 1.54 bits per heavy atom. The van der Waals surface area contributed by atoms with E-state index in [1.807, 2.05) is 0 Å². The molecule has 2 heteroatoms. The average molecular weight is 420 g/mol. The SMILES string of the molecule is CC1=[C-]C(C)(C)C(C)=C1C.Cc1ccccc1Pc1cc2ccccc2[cH-]1.[Ti+2]. The first-order chi connectivity index (χ1) is 12.8. The molecule has 3 aromatic carbocycles. The number of fused-ring (bicyclic) bond motifs is 1. The fourth-order valence-electron chi connectivity index (χ4n) is 3.50. The van der Waals surface area contributed by atoms with E-state index < -0.39 is 0 Å². The predicted octanol–water partition coefficient (Wildman–Crippen LogP) is 6.61. The molecular formula is C26H29PTi. The number of hydrogen-bond acceptors (Lipinski definition) is 0. The number of benzene rings is 2. The summed E-state index contributed by atoms with van der Waals surface area (Å²) in [6.45, 7) is 13.1. The molecule has 0 radical (unpaired) electrons. The maximum absolute atomic E-state index is 3.44. The zero-order valence-electron chi connectivity index (χ0n) is 17.8. The average Bonchev–Trinajstić information content (AvgIpc) is 3.11. The van der Waals surface area contributed by atoms with Crippen LogP contribution in [0, 0.1) is 18.4 Å². The first-order valence-electron chi connectivity index (χ1n) is 9.56. The van der Waals surface area contributed by atoms with Crippen molar-refractivity contribution in [2.45, 2.75) is 41.5 Å². The monoisotopic (exact) mass is 420 g/mol. The largest absolute Gasteiger partial charge is 2.00 e. The van der Waals surface area contributed by atoms with Crippen molar-refractivity contribution >= 4 is 30.0 Å². The first kappa shape index (κ1) is 23.0. The van der Waals surface area contributed by atoms with Gasteiger partial charge in [0.05, 0.1) is 0 Å². The summed E-state index contributed by atoms with van der Waals surface area (Å²) < 4.78 is 0. The molecule has 4 rings (SSSR count). The summed E-state index contributed by atoms with van der Waals surface area (Å²) in [4.78, 5) is 0. The van der Waals surface area contributed by atoms with Crippen LogP contribution in [0.1, 0.15) is 40.2 Å². The summed E-state index contributed by atoms with van der Waals surface area (Å²) in [6.07, 6.45) is 3.44. The molecule has 0 aromatic heterocycles. The van der Waals surface area contributed by atoms with Crippen LogP contribution in [-0.2, 0) is 21.7 Å². The predicted molar refractivity (Wildman–Crippen MR) is 123 cm³/mol. The van der Waals surface area contributed by atoms with Crippen LogP contribution in [0.3, 0.4) is 0 Å². The second kappa shape index (κ2) is 9.45. The Hall–Kier alpha value is -1.33. The van der Waals surface area contributed by atoms with Gasteiger partial charge in [-0.15, -0.1) is 47.3 Å². The van der Waals surface area contributed by atoms with Gasteiger partial charge in [-0.05, 0) is 17.8 Å². The summed E-state index contributed by atoms with van der Waals surface area (Å²) in [7, 11) is 0.759. The maximum Gasteiger partial charge on any atom is 2.00 e. The van der Waals surface area contributed by atoms with E-state index >= 15 is 0 Å². The van der Waals surface area contributed by atoms with E-state index in [1.54, 1.807) is 0 Å². The number of hydrogen-bond donors (Lipinski definition) is 0. The Morgan fingerprint density at radius 3 is 2.07 bits per heavy atom. The second-order valence-corrected chi connectivity index (χ2v) is 9.30. The van der Waals surface area contributed by atoms with Gasteiger partial charge in [0.2, 0.25) is 0 Å². The molecule has 0 spiro atoms. The van der Waals surface area contributed by atoms with Gasteiger partial charge >= 0.3 is 21.7 Å². The fraction of sp³-hybridized carbons (Fsp3) is 0.269. The number of allylic oxidation sites excluding steroid dienone is 4. The van der Waals surface area contributed by atoms with Crippen molar-refractivity contribution < 1.29 is 21.7 Å². The van der Waals surface area contributed by atoms with Crippen LogP contribution in [0.15, 0.2) is 77.4 Å². The summed E-state index contributed by atoms with van der Waals surface area (Å²) in [6, 6.07) is 21.8. The molecule has 0 bridgehead atoms. The van der Waals surface area contributed by atoms with Crippen LogP contribution in [0.25, 0.3) is 10.8 Å². The smallest absolute Gasteiger partial charge is 0.263 e. The van der Waals surface area contributed by atoms with Crippen molar-refractivity contribution in [3.63, 3.8) is 0 Å². The van der Waals surface area contributed by atoms with Gasteiger partial charge in [-0.1, -0.05) is 72.0 Å². The molecule has 0 saturated heterocycles. The molecule has 1 atom stereocenters. The topological polar surface area (TPSA) is 0 Å². The minimum absolute atomic E-state index is 0. The van der Waals surface area contributed by atoms with Gasteiger partial charge in [-0.25, -0.2) is 5.57 Å². The zero-order valence-corrected chi connectivity index (χ0v) is 20.3. The first-order valence-corrected chi connectivity index (χ1v) is 10.6. The molecule has 1 unspecified atom stereocenters. The number of rotatable bonds is 2. The summed E-state index contributed by atoms with van der Waals surface area (Å²) in [5.41, 5.74) is 5.78. The van der Waals surface area contributed by atoms with Crippen molar-refractivity contribution in [1.29, 1.82) is 0 Å². The van der Waals surface area contributed by atoms with Gasteiger partial charge in [0, 0.05) is 0 Å². The van der Waals surface area contributed by atoms with Crippen molar-refractivity contribution in [3.8, 4) is 0 Å². The molecule has 28 heavy (non-hydrogen) atoms. The van der Waals surface area contributed by atoms with E-state index in [0.29, 0.717) is 0 Å². The van der Waals surface area contributed by atoms with E-state index in [-0.39, 0.29) is 27.1 Å². The van der Waals surface area contributed by atoms with Gasteiger partial charge in [-0.3, -0.25) is 6.08 Å². The van der Waals surface area contributed by atoms with Crippen LogP contribution in [-0.4, -0.2) is 0 Å². The van der Waals surface area contributed by atoms with E-state index in [0.717, 1.165) is 8.58 Å². The van der Waals surface area contributed by atoms with Crippen molar-refractivity contribution in [1.82, 2.24) is 0 Å². The van der Waals surface area contributed by atoms with E-state index in [2.05, 4.69) is 108 Å². The van der Waals surface area contributed by atoms with Crippen LogP contribution in [0.2, 0.25) is 0 Å². The minimum Gasteiger partial charge on any atom is -0.263 e. The van der Waals surface area contributed by atoms with E-state index in [4.69, 9.17) is 0 Å². The molecule has 0 saturated carbocycles. The standard InChI is InChI=1S/C16H14P.C10H15.Ti/c1-12-6-2-5-9-16(12)17-15-10-13-7-3-4-8-14(13)11-15;1-7-6-10(4,5)9(3)8(7)2;/h2-11,17H,1H3;1-5H3;/q2*-1;+2. The van der Waals surface area contributed by atoms with E-state index in [1.165, 1.54) is 43.7 Å². The molecular weight excluding hydrogens is 391 g/mol. The molecule has 0 amide bonds. The Kier molecular flexibility index (Phi) is 7.75. The Labute approximate surface area is 187 Å². The van der Waals surface area contributed by atoms with Crippen LogP contribution in [0.4, 0.5) is 0 Å². The Balaban J connectivity index is 0.000000221. The normalized spacial score (nSPS) is 15.4. The van der Waals surface area contributed by atoms with E-state index in [9.17, 15) is 0 Å². The Bertz CT molecular complexity index is 985. The third-order valence-corrected chi connectivity index (χ3v) is 7.01. The third kappa shape index (κ3) is 5.18. The second-order valence-electron chi connectivity index (χ2n) is 7.94. The molecule has 0 N–H and O–H groups in total. The fourth-order valence-corrected chi connectivity index (χ4v) is 4.72. The summed E-state index contributed by atoms with van der Waals surface area (Å²) in [5.74, 6) is 0. The molecule has 0 heterocycles. The summed E-state index contributed by atoms with van der Waals surface area (Å²) in [5, 5.41) is 5.58. The van der Waals surface area contributed by atoms with Crippen molar-refractivity contribution in [3.05, 3.63) is 89.0 Å². The third-order valence-electron chi connectivity index (χ3n) is 5.60. The summed E-state index contributed by atoms with van der Waals surface area (Å²) >= 11 is 0. The van der Waals surface area contributed by atoms with Gasteiger partial charge < -0.3 is 0 Å². The van der Waals surface area contributed by atoms with Crippen LogP contribution >= 0.6 is 8.58 Å². The van der Waals surface area contributed by atoms with Crippen LogP contribution in [0.5, 0.6) is 0 Å². The molecule has 0 aliphatic heterocycles. The zero-order chi connectivity index (χ0) is 19.6. The van der Waals surface area contributed by atoms with Crippen molar-refractivity contribution in [2.75, 3.05) is 0 Å².